The van der Waals surface area contributed by atoms with Gasteiger partial charge in [0.1, 0.15) is 23.0 Å². The van der Waals surface area contributed by atoms with Crippen LogP contribution in [0.5, 0.6) is 23.0 Å². The molecule has 0 atom stereocenters. The number of carboxylic acid groups (broad SMARTS) is 2. The highest BCUT2D eigenvalue weighted by Crippen LogP contribution is 2.39. The first-order valence-electron chi connectivity index (χ1n) is 15.5. The molecule has 4 N–H and O–H groups in total. The Balaban J connectivity index is 1.73. The molecular formula is C38H36O10. The molecule has 0 aromatic heterocycles. The van der Waals surface area contributed by atoms with E-state index in [1.54, 1.807) is 24.3 Å². The van der Waals surface area contributed by atoms with Crippen molar-refractivity contribution in [2.45, 2.75) is 51.4 Å². The zero-order valence-electron chi connectivity index (χ0n) is 26.7. The quantitative estimate of drug-likeness (QED) is 0.134. The Labute approximate surface area is 277 Å². The number of carboxylic acids is 2. The summed E-state index contributed by atoms with van der Waals surface area (Å²) in [5.41, 5.74) is 5.09. The van der Waals surface area contributed by atoms with Gasteiger partial charge in [-0.25, -0.2) is 0 Å². The van der Waals surface area contributed by atoms with E-state index in [4.69, 9.17) is 19.7 Å². The third kappa shape index (κ3) is 7.33. The third-order valence-corrected chi connectivity index (χ3v) is 8.60. The Hall–Kier alpha value is -5.64. The molecule has 0 aliphatic heterocycles. The van der Waals surface area contributed by atoms with E-state index in [9.17, 15) is 29.4 Å². The summed E-state index contributed by atoms with van der Waals surface area (Å²) in [5, 5.41) is 41.5. The maximum Gasteiger partial charge on any atom is 0.303 e. The second kappa shape index (κ2) is 14.4. The van der Waals surface area contributed by atoms with E-state index in [2.05, 4.69) is 0 Å². The van der Waals surface area contributed by atoms with Gasteiger partial charge in [0.25, 0.3) is 0 Å². The van der Waals surface area contributed by atoms with Gasteiger partial charge in [0.15, 0.2) is 11.6 Å². The maximum absolute atomic E-state index is 13.2. The molecule has 4 aromatic rings. The molecular weight excluding hydrogens is 616 g/mol. The smallest absolute Gasteiger partial charge is 0.303 e. The fraction of sp³-hybridized carbons (Fsp3) is 0.263. The molecule has 0 heterocycles. The summed E-state index contributed by atoms with van der Waals surface area (Å²) in [5.74, 6) is -1.93. The van der Waals surface area contributed by atoms with Gasteiger partial charge in [-0.2, -0.15) is 0 Å². The van der Waals surface area contributed by atoms with Crippen LogP contribution < -0.4 is 9.47 Å². The van der Waals surface area contributed by atoms with Crippen molar-refractivity contribution in [2.75, 3.05) is 14.2 Å². The highest BCUT2D eigenvalue weighted by Gasteiger charge is 2.23. The topological polar surface area (TPSA) is 168 Å². The van der Waals surface area contributed by atoms with Crippen LogP contribution in [0.2, 0.25) is 0 Å². The molecule has 0 amide bonds. The molecule has 248 valence electrons. The molecule has 0 unspecified atom stereocenters. The second-order valence-electron chi connectivity index (χ2n) is 11.8. The minimum Gasteiger partial charge on any atom is -0.507 e. The number of ether oxygens (including phenoxy) is 2. The van der Waals surface area contributed by atoms with Crippen molar-refractivity contribution in [3.05, 3.63) is 116 Å². The summed E-state index contributed by atoms with van der Waals surface area (Å²) in [6, 6.07) is 17.2. The molecule has 5 rings (SSSR count). The number of phenolic OH excluding ortho intramolecular Hbond substituents is 2. The first-order valence-corrected chi connectivity index (χ1v) is 15.5. The van der Waals surface area contributed by atoms with Crippen LogP contribution >= 0.6 is 0 Å². The molecule has 0 fully saturated rings. The van der Waals surface area contributed by atoms with E-state index in [1.807, 2.05) is 36.4 Å². The lowest BCUT2D eigenvalue weighted by Gasteiger charge is -2.20. The van der Waals surface area contributed by atoms with Gasteiger partial charge in [-0.05, 0) is 68.8 Å². The number of hydrogen-bond acceptors (Lipinski definition) is 8. The van der Waals surface area contributed by atoms with Crippen LogP contribution in [0.4, 0.5) is 0 Å². The number of rotatable bonds is 10. The van der Waals surface area contributed by atoms with Crippen molar-refractivity contribution >= 4 is 23.5 Å². The highest BCUT2D eigenvalue weighted by atomic mass is 16.5. The van der Waals surface area contributed by atoms with Gasteiger partial charge in [0.2, 0.25) is 0 Å². The highest BCUT2D eigenvalue weighted by molar-refractivity contribution is 5.99. The SMILES string of the molecule is COc1c2cccc1Cc1cc(C(=O)CCC(=O)O)cc(c1O)Cc1cccc(c1OC)Cc1cc(C(=O)CCC(=O)O)cc(c1O)C2. The number of hydrogen-bond donors (Lipinski definition) is 4. The predicted molar refractivity (Wildman–Crippen MR) is 176 cm³/mol. The predicted octanol–water partition coefficient (Wildman–Crippen LogP) is 5.89. The zero-order chi connectivity index (χ0) is 34.5. The number of aromatic hydroxyl groups is 2. The Bertz CT molecular complexity index is 1690. The lowest BCUT2D eigenvalue weighted by Crippen LogP contribution is -2.09. The van der Waals surface area contributed by atoms with Crippen LogP contribution in [0.15, 0.2) is 60.7 Å². The lowest BCUT2D eigenvalue weighted by molar-refractivity contribution is -0.137. The molecule has 0 saturated carbocycles. The van der Waals surface area contributed by atoms with Crippen molar-refractivity contribution in [2.24, 2.45) is 0 Å². The van der Waals surface area contributed by atoms with Crippen LogP contribution in [0.1, 0.15) is 90.9 Å². The van der Waals surface area contributed by atoms with Crippen molar-refractivity contribution in [1.82, 2.24) is 0 Å². The average Bonchev–Trinajstić information content (AvgIpc) is 3.05. The van der Waals surface area contributed by atoms with Crippen LogP contribution in [0.25, 0.3) is 0 Å². The Kier molecular flexibility index (Phi) is 10.1. The summed E-state index contributed by atoms with van der Waals surface area (Å²) in [6.07, 6.45) is -0.380. The van der Waals surface area contributed by atoms with Crippen LogP contribution in [-0.2, 0) is 35.3 Å². The van der Waals surface area contributed by atoms with Crippen molar-refractivity contribution < 1.29 is 49.1 Å². The standard InChI is InChI=1S/C38H36O10/c1-47-37-21-5-3-6-22(37)14-28-18-26(32(40)10-12-34(43)44)20-30(36(28)46)16-24-8-4-7-23(38(24)48-2)15-29-19-25(17-27(13-21)35(29)45)31(39)9-11-33(41)42/h3-8,17-20,45-46H,9-16H2,1-2H3,(H,41,42)(H,43,44). The van der Waals surface area contributed by atoms with Gasteiger partial charge in [0.05, 0.1) is 27.1 Å². The number of carbonyl (C=O) groups excluding carboxylic acids is 2. The van der Waals surface area contributed by atoms with E-state index < -0.39 is 11.9 Å². The fourth-order valence-electron chi connectivity index (χ4n) is 6.29. The monoisotopic (exact) mass is 652 g/mol. The molecule has 8 bridgehead atoms. The van der Waals surface area contributed by atoms with Crippen LogP contribution in [-0.4, -0.2) is 58.2 Å². The van der Waals surface area contributed by atoms with Gasteiger partial charge >= 0.3 is 11.9 Å². The van der Waals surface area contributed by atoms with E-state index in [0.717, 1.165) is 0 Å². The maximum atomic E-state index is 13.2. The van der Waals surface area contributed by atoms with Crippen LogP contribution in [0, 0.1) is 0 Å². The van der Waals surface area contributed by atoms with Gasteiger partial charge in [-0.3, -0.25) is 19.2 Å². The number of benzene rings is 4. The normalized spacial score (nSPS) is 12.2. The molecule has 4 aromatic carbocycles. The molecule has 0 radical (unpaired) electrons. The largest absolute Gasteiger partial charge is 0.507 e. The van der Waals surface area contributed by atoms with Crippen molar-refractivity contribution in [3.63, 3.8) is 0 Å². The Morgan fingerprint density at radius 1 is 0.521 bits per heavy atom. The van der Waals surface area contributed by atoms with Gasteiger partial charge in [0, 0.05) is 49.7 Å². The molecule has 10 nitrogen and oxygen atoms in total. The van der Waals surface area contributed by atoms with E-state index in [1.165, 1.54) is 14.2 Å². The average molecular weight is 653 g/mol. The van der Waals surface area contributed by atoms with E-state index in [-0.39, 0.29) is 85.6 Å². The zero-order valence-corrected chi connectivity index (χ0v) is 26.7. The van der Waals surface area contributed by atoms with Crippen molar-refractivity contribution in [1.29, 1.82) is 0 Å². The molecule has 0 spiro atoms. The minimum absolute atomic E-state index is 0.0100. The number of Topliss-reactive ketones (excluding diaryl/α,β-unsaturated/α-hetero) is 2. The summed E-state index contributed by atoms with van der Waals surface area (Å²) in [6.45, 7) is 0. The van der Waals surface area contributed by atoms with E-state index in [0.29, 0.717) is 56.0 Å². The minimum atomic E-state index is -1.08. The lowest BCUT2D eigenvalue weighted by atomic mass is 9.88. The number of methoxy groups -OCH3 is 2. The number of para-hydroxylation sites is 2. The van der Waals surface area contributed by atoms with Gasteiger partial charge in [-0.15, -0.1) is 0 Å². The number of phenols is 2. The number of aliphatic carboxylic acids is 2. The molecule has 10 heteroatoms. The summed E-state index contributed by atoms with van der Waals surface area (Å²) >= 11 is 0. The Morgan fingerprint density at radius 3 is 1.06 bits per heavy atom. The summed E-state index contributed by atoms with van der Waals surface area (Å²) in [4.78, 5) is 48.8. The molecule has 0 saturated heterocycles. The van der Waals surface area contributed by atoms with E-state index >= 15 is 0 Å². The Morgan fingerprint density at radius 2 is 0.812 bits per heavy atom. The summed E-state index contributed by atoms with van der Waals surface area (Å²) in [7, 11) is 3.02. The number of carbonyl (C=O) groups is 4. The first-order chi connectivity index (χ1) is 23.0. The summed E-state index contributed by atoms with van der Waals surface area (Å²) < 4.78 is 11.7. The molecule has 1 aliphatic carbocycles. The van der Waals surface area contributed by atoms with Crippen LogP contribution in [0.3, 0.4) is 0 Å². The second-order valence-corrected chi connectivity index (χ2v) is 11.8. The molecule has 48 heavy (non-hydrogen) atoms. The number of fused-ring (bicyclic) bond motifs is 8. The number of ketones is 2. The van der Waals surface area contributed by atoms with Crippen molar-refractivity contribution in [3.8, 4) is 23.0 Å². The third-order valence-electron chi connectivity index (χ3n) is 8.60. The van der Waals surface area contributed by atoms with Gasteiger partial charge in [-0.1, -0.05) is 36.4 Å². The molecule has 1 aliphatic rings. The first kappa shape index (κ1) is 33.7. The fourth-order valence-corrected chi connectivity index (χ4v) is 6.29. The van der Waals surface area contributed by atoms with Gasteiger partial charge < -0.3 is 29.9 Å².